The standard InChI is InChI=1S/C18H22FNS/c1-12(11-17-10-3-13(2)21-17)20-18(14-4-5-14)15-6-8-16(19)9-7-15/h3,6-10,12,14,18,20H,4-5,11H2,1-2H3. The fourth-order valence-electron chi connectivity index (χ4n) is 2.87. The molecule has 0 bridgehead atoms. The van der Waals surface area contributed by atoms with Gasteiger partial charge in [-0.2, -0.15) is 0 Å². The highest BCUT2D eigenvalue weighted by molar-refractivity contribution is 7.11. The van der Waals surface area contributed by atoms with E-state index in [-0.39, 0.29) is 5.82 Å². The van der Waals surface area contributed by atoms with Crippen LogP contribution >= 0.6 is 11.3 Å². The maximum atomic E-state index is 13.1. The van der Waals surface area contributed by atoms with Crippen LogP contribution in [0.1, 0.15) is 41.1 Å². The third-order valence-electron chi connectivity index (χ3n) is 4.09. The molecule has 1 heterocycles. The Bertz CT molecular complexity index is 586. The van der Waals surface area contributed by atoms with Crippen molar-refractivity contribution in [2.24, 2.45) is 5.92 Å². The van der Waals surface area contributed by atoms with Crippen molar-refractivity contribution in [3.63, 3.8) is 0 Å². The van der Waals surface area contributed by atoms with Crippen molar-refractivity contribution in [3.05, 3.63) is 57.5 Å². The van der Waals surface area contributed by atoms with Crippen LogP contribution in [0.25, 0.3) is 0 Å². The molecule has 1 aliphatic carbocycles. The van der Waals surface area contributed by atoms with Crippen LogP contribution in [0.4, 0.5) is 4.39 Å². The van der Waals surface area contributed by atoms with E-state index in [2.05, 4.69) is 31.3 Å². The number of rotatable bonds is 6. The van der Waals surface area contributed by atoms with Gasteiger partial charge >= 0.3 is 0 Å². The van der Waals surface area contributed by atoms with Crippen LogP contribution in [0.5, 0.6) is 0 Å². The van der Waals surface area contributed by atoms with Crippen molar-refractivity contribution < 1.29 is 4.39 Å². The molecular formula is C18H22FNS. The molecule has 1 fully saturated rings. The first-order chi connectivity index (χ1) is 10.1. The Morgan fingerprint density at radius 1 is 1.19 bits per heavy atom. The van der Waals surface area contributed by atoms with Crippen LogP contribution in [0.15, 0.2) is 36.4 Å². The van der Waals surface area contributed by atoms with Crippen LogP contribution < -0.4 is 5.32 Å². The number of nitrogens with one attached hydrogen (secondary N) is 1. The normalized spacial score (nSPS) is 17.7. The first-order valence-electron chi connectivity index (χ1n) is 7.68. The molecule has 1 aliphatic rings. The molecule has 1 aromatic heterocycles. The zero-order chi connectivity index (χ0) is 14.8. The molecule has 2 atom stereocenters. The molecule has 0 spiro atoms. The molecule has 112 valence electrons. The fourth-order valence-corrected chi connectivity index (χ4v) is 3.89. The van der Waals surface area contributed by atoms with E-state index in [1.165, 1.54) is 28.2 Å². The zero-order valence-electron chi connectivity index (χ0n) is 12.6. The highest BCUT2D eigenvalue weighted by atomic mass is 32.1. The Morgan fingerprint density at radius 3 is 2.48 bits per heavy atom. The monoisotopic (exact) mass is 303 g/mol. The highest BCUT2D eigenvalue weighted by Crippen LogP contribution is 2.41. The third kappa shape index (κ3) is 3.92. The lowest BCUT2D eigenvalue weighted by molar-refractivity contribution is 0.418. The van der Waals surface area contributed by atoms with E-state index >= 15 is 0 Å². The summed E-state index contributed by atoms with van der Waals surface area (Å²) < 4.78 is 13.1. The second-order valence-electron chi connectivity index (χ2n) is 6.15. The Morgan fingerprint density at radius 2 is 1.90 bits per heavy atom. The average Bonchev–Trinajstić information content (AvgIpc) is 3.21. The molecule has 1 N–H and O–H groups in total. The largest absolute Gasteiger partial charge is 0.307 e. The van der Waals surface area contributed by atoms with E-state index in [1.807, 2.05) is 23.5 Å². The van der Waals surface area contributed by atoms with Gasteiger partial charge in [-0.05, 0) is 68.9 Å². The summed E-state index contributed by atoms with van der Waals surface area (Å²) in [4.78, 5) is 2.80. The smallest absolute Gasteiger partial charge is 0.123 e. The number of thiophene rings is 1. The molecule has 3 heteroatoms. The van der Waals surface area contributed by atoms with E-state index in [0.29, 0.717) is 18.0 Å². The van der Waals surface area contributed by atoms with E-state index in [9.17, 15) is 4.39 Å². The van der Waals surface area contributed by atoms with Gasteiger partial charge in [0.25, 0.3) is 0 Å². The quantitative estimate of drug-likeness (QED) is 0.803. The van der Waals surface area contributed by atoms with Gasteiger partial charge < -0.3 is 5.32 Å². The van der Waals surface area contributed by atoms with E-state index in [1.54, 1.807) is 12.1 Å². The molecule has 0 saturated heterocycles. The fraction of sp³-hybridized carbons (Fsp3) is 0.444. The molecule has 0 aliphatic heterocycles. The molecule has 0 radical (unpaired) electrons. The lowest BCUT2D eigenvalue weighted by atomic mass is 10.0. The first-order valence-corrected chi connectivity index (χ1v) is 8.50. The van der Waals surface area contributed by atoms with Crippen molar-refractivity contribution in [3.8, 4) is 0 Å². The minimum atomic E-state index is -0.157. The van der Waals surface area contributed by atoms with Crippen molar-refractivity contribution >= 4 is 11.3 Å². The SMILES string of the molecule is Cc1ccc(CC(C)NC(c2ccc(F)cc2)C2CC2)s1. The zero-order valence-corrected chi connectivity index (χ0v) is 13.4. The summed E-state index contributed by atoms with van der Waals surface area (Å²) in [5.41, 5.74) is 1.22. The summed E-state index contributed by atoms with van der Waals surface area (Å²) in [5, 5.41) is 3.76. The summed E-state index contributed by atoms with van der Waals surface area (Å²) in [6, 6.07) is 12.2. The van der Waals surface area contributed by atoms with Gasteiger partial charge in [0.05, 0.1) is 0 Å². The Hall–Kier alpha value is -1.19. The highest BCUT2D eigenvalue weighted by Gasteiger charge is 2.32. The van der Waals surface area contributed by atoms with Gasteiger partial charge in [0.15, 0.2) is 0 Å². The molecule has 2 aromatic rings. The van der Waals surface area contributed by atoms with Gasteiger partial charge in [0.2, 0.25) is 0 Å². The first kappa shape index (κ1) is 14.7. The van der Waals surface area contributed by atoms with Gasteiger partial charge in [-0.1, -0.05) is 12.1 Å². The van der Waals surface area contributed by atoms with Gasteiger partial charge in [-0.15, -0.1) is 11.3 Å². The molecular weight excluding hydrogens is 281 g/mol. The van der Waals surface area contributed by atoms with Crippen LogP contribution in [-0.2, 0) is 6.42 Å². The average molecular weight is 303 g/mol. The van der Waals surface area contributed by atoms with E-state index in [0.717, 1.165) is 6.42 Å². The molecule has 21 heavy (non-hydrogen) atoms. The minimum Gasteiger partial charge on any atom is -0.307 e. The summed E-state index contributed by atoms with van der Waals surface area (Å²) in [6.07, 6.45) is 3.61. The summed E-state index contributed by atoms with van der Waals surface area (Å²) >= 11 is 1.88. The Balaban J connectivity index is 1.66. The molecule has 1 saturated carbocycles. The van der Waals surface area contributed by atoms with Gasteiger partial charge in [0, 0.05) is 21.8 Å². The van der Waals surface area contributed by atoms with Crippen LogP contribution in [0.2, 0.25) is 0 Å². The van der Waals surface area contributed by atoms with Crippen LogP contribution in [0, 0.1) is 18.7 Å². The summed E-state index contributed by atoms with van der Waals surface area (Å²) in [5.74, 6) is 0.554. The number of hydrogen-bond donors (Lipinski definition) is 1. The maximum absolute atomic E-state index is 13.1. The number of halogens is 1. The predicted molar refractivity (Wildman–Crippen MR) is 87.2 cm³/mol. The van der Waals surface area contributed by atoms with E-state index in [4.69, 9.17) is 0 Å². The Kier molecular flexibility index (Phi) is 4.41. The van der Waals surface area contributed by atoms with E-state index < -0.39 is 0 Å². The topological polar surface area (TPSA) is 12.0 Å². The third-order valence-corrected chi connectivity index (χ3v) is 5.11. The molecule has 3 rings (SSSR count). The lowest BCUT2D eigenvalue weighted by Crippen LogP contribution is -2.33. The second kappa shape index (κ2) is 6.29. The van der Waals surface area contributed by atoms with Crippen LogP contribution in [0.3, 0.4) is 0 Å². The van der Waals surface area contributed by atoms with Crippen LogP contribution in [-0.4, -0.2) is 6.04 Å². The molecule has 2 unspecified atom stereocenters. The van der Waals surface area contributed by atoms with Gasteiger partial charge in [-0.3, -0.25) is 0 Å². The maximum Gasteiger partial charge on any atom is 0.123 e. The number of hydrogen-bond acceptors (Lipinski definition) is 2. The predicted octanol–water partition coefficient (Wildman–Crippen LogP) is 4.87. The summed E-state index contributed by atoms with van der Waals surface area (Å²) in [7, 11) is 0. The molecule has 1 nitrogen and oxygen atoms in total. The summed E-state index contributed by atoms with van der Waals surface area (Å²) in [6.45, 7) is 4.39. The number of aryl methyl sites for hydroxylation is 1. The van der Waals surface area contributed by atoms with Crippen molar-refractivity contribution in [2.75, 3.05) is 0 Å². The van der Waals surface area contributed by atoms with Crippen molar-refractivity contribution in [1.29, 1.82) is 0 Å². The Labute approximate surface area is 130 Å². The van der Waals surface area contributed by atoms with Gasteiger partial charge in [0.1, 0.15) is 5.82 Å². The second-order valence-corrected chi connectivity index (χ2v) is 7.52. The number of benzene rings is 1. The van der Waals surface area contributed by atoms with Crippen molar-refractivity contribution in [1.82, 2.24) is 5.32 Å². The van der Waals surface area contributed by atoms with Crippen molar-refractivity contribution in [2.45, 2.75) is 45.2 Å². The molecule has 1 aromatic carbocycles. The lowest BCUT2D eigenvalue weighted by Gasteiger charge is -2.23. The van der Waals surface area contributed by atoms with Gasteiger partial charge in [-0.25, -0.2) is 4.39 Å². The minimum absolute atomic E-state index is 0.157. The molecule has 0 amide bonds.